The molecule has 0 heterocycles. The summed E-state index contributed by atoms with van der Waals surface area (Å²) in [7, 11) is -0.844. The summed E-state index contributed by atoms with van der Waals surface area (Å²) in [4.78, 5) is 0. The number of hydrogen-bond donors (Lipinski definition) is 5. The van der Waals surface area contributed by atoms with Crippen LogP contribution in [0.1, 0.15) is 116 Å². The van der Waals surface area contributed by atoms with Crippen LogP contribution in [-0.4, -0.2) is 66.6 Å². The van der Waals surface area contributed by atoms with Gasteiger partial charge in [-0.3, -0.25) is 0 Å². The first-order chi connectivity index (χ1) is 18.6. The molecule has 0 aromatic carbocycles. The van der Waals surface area contributed by atoms with Crippen LogP contribution in [0.2, 0.25) is 27.1 Å². The van der Waals surface area contributed by atoms with Crippen molar-refractivity contribution in [3.63, 3.8) is 0 Å². The third-order valence-corrected chi connectivity index (χ3v) is 8.94. The molecule has 0 spiro atoms. The fraction of sp³-hybridized carbons (Fsp3) is 0.968. The second kappa shape index (κ2) is 30.3. The van der Waals surface area contributed by atoms with Gasteiger partial charge in [0.2, 0.25) is 0 Å². The summed E-state index contributed by atoms with van der Waals surface area (Å²) < 4.78 is 6.72. The van der Waals surface area contributed by atoms with Crippen molar-refractivity contribution in [2.75, 3.05) is 52.4 Å². The largest absolute Gasteiger partial charge is 0.317 e. The Balaban J connectivity index is 3.05. The summed E-state index contributed by atoms with van der Waals surface area (Å²) in [6.45, 7) is 16.8. The van der Waals surface area contributed by atoms with Gasteiger partial charge in [-0.2, -0.15) is 0 Å². The third kappa shape index (κ3) is 35.7. The summed E-state index contributed by atoms with van der Waals surface area (Å²) in [5.74, 6) is 0. The highest BCUT2D eigenvalue weighted by Crippen LogP contribution is 2.11. The average Bonchev–Trinajstić information content (AvgIpc) is 2.88. The van der Waals surface area contributed by atoms with Gasteiger partial charge in [0.05, 0.1) is 0 Å². The molecule has 0 saturated heterocycles. The van der Waals surface area contributed by atoms with Gasteiger partial charge < -0.3 is 26.7 Å². The van der Waals surface area contributed by atoms with Crippen molar-refractivity contribution in [3.8, 4) is 0 Å². The Morgan fingerprint density at radius 2 is 0.784 bits per heavy atom. The van der Waals surface area contributed by atoms with Crippen LogP contribution in [0.15, 0.2) is 0 Å². The van der Waals surface area contributed by atoms with Gasteiger partial charge in [-0.15, -0.1) is 0 Å². The number of hydrogen-bond acceptors (Lipinski definition) is 5. The number of unbranched alkanes of at least 4 members (excludes halogenated alkanes) is 13. The van der Waals surface area contributed by atoms with Crippen molar-refractivity contribution < 1.29 is 1.41 Å². The zero-order chi connectivity index (χ0) is 27.8. The van der Waals surface area contributed by atoms with Crippen LogP contribution in [0.5, 0.6) is 0 Å². The normalized spacial score (nSPS) is 12.6. The molecule has 0 rings (SSSR count). The molecule has 5 N–H and O–H groups in total. The van der Waals surface area contributed by atoms with E-state index < -0.39 is 8.07 Å². The van der Waals surface area contributed by atoms with Gasteiger partial charge in [-0.25, -0.2) is 0 Å². The molecule has 0 amide bonds. The zero-order valence-corrected chi connectivity index (χ0v) is 26.6. The Morgan fingerprint density at radius 1 is 0.459 bits per heavy atom. The molecule has 6 heteroatoms. The maximum Gasteiger partial charge on any atom is 0.186 e. The molecular formula is C31H69N5Si. The molecule has 0 aliphatic rings. The summed E-state index contributed by atoms with van der Waals surface area (Å²) in [5.41, 5.74) is 0. The second-order valence-electron chi connectivity index (χ2n) is 12.3. The highest BCUT2D eigenvalue weighted by molar-refractivity contribution is 6.76. The molecule has 0 aliphatic carbocycles. The van der Waals surface area contributed by atoms with Crippen molar-refractivity contribution >= 4 is 14.3 Å². The molecule has 0 aromatic rings. The lowest BCUT2D eigenvalue weighted by Gasteiger charge is -2.15. The Hall–Kier alpha value is -0.273. The van der Waals surface area contributed by atoms with E-state index in [1.54, 1.807) is 6.21 Å². The van der Waals surface area contributed by atoms with Gasteiger partial charge in [0, 0.05) is 8.07 Å². The molecule has 0 fully saturated rings. The van der Waals surface area contributed by atoms with Crippen LogP contribution in [0.3, 0.4) is 0 Å². The quantitative estimate of drug-likeness (QED) is 0.0351. The van der Waals surface area contributed by atoms with Gasteiger partial charge in [0.25, 0.3) is 0 Å². The van der Waals surface area contributed by atoms with E-state index in [9.17, 15) is 0 Å². The zero-order valence-electron chi connectivity index (χ0n) is 26.6. The summed E-state index contributed by atoms with van der Waals surface area (Å²) >= 11 is 0. The Kier molecular flexibility index (Phi) is 28.4. The van der Waals surface area contributed by atoms with Crippen molar-refractivity contribution in [2.24, 2.45) is 0 Å². The molecule has 37 heavy (non-hydrogen) atoms. The fourth-order valence-corrected chi connectivity index (χ4v) is 5.90. The minimum Gasteiger partial charge on any atom is -0.317 e. The van der Waals surface area contributed by atoms with E-state index in [0.717, 1.165) is 39.0 Å². The average molecular weight is 541 g/mol. The van der Waals surface area contributed by atoms with Crippen molar-refractivity contribution in [2.45, 2.75) is 141 Å². The topological polar surface area (TPSA) is 72.0 Å². The summed E-state index contributed by atoms with van der Waals surface area (Å²) in [6, 6.07) is 1.45. The van der Waals surface area contributed by atoms with Crippen LogP contribution < -0.4 is 21.3 Å². The Labute approximate surface area is 235 Å². The highest BCUT2D eigenvalue weighted by atomic mass is 28.3. The van der Waals surface area contributed by atoms with Crippen LogP contribution in [0, 0.1) is 5.40 Å². The van der Waals surface area contributed by atoms with E-state index in [2.05, 4.69) is 46.3 Å². The van der Waals surface area contributed by atoms with Crippen molar-refractivity contribution in [1.82, 2.24) is 21.3 Å². The molecule has 0 aromatic heterocycles. The monoisotopic (exact) mass is 541 g/mol. The molecule has 222 valence electrons. The van der Waals surface area contributed by atoms with Crippen LogP contribution in [0.25, 0.3) is 0 Å². The van der Waals surface area contributed by atoms with Crippen LogP contribution in [0.4, 0.5) is 0 Å². The van der Waals surface area contributed by atoms with E-state index in [0.29, 0.717) is 0 Å². The van der Waals surface area contributed by atoms with E-state index in [1.807, 2.05) is 0 Å². The van der Waals surface area contributed by atoms with E-state index in [-0.39, 0.29) is 0 Å². The van der Waals surface area contributed by atoms with Crippen LogP contribution >= 0.6 is 0 Å². The number of nitrogens with one attached hydrogen (secondary N) is 5. The number of rotatable bonds is 32. The van der Waals surface area contributed by atoms with E-state index >= 15 is 0 Å². The second-order valence-corrected chi connectivity index (χ2v) is 17.9. The minimum atomic E-state index is -0.844. The Bertz CT molecular complexity index is 474. The molecule has 0 saturated carbocycles. The lowest BCUT2D eigenvalue weighted by atomic mass is 10.1. The van der Waals surface area contributed by atoms with Gasteiger partial charge in [-0.05, 0) is 116 Å². The summed E-state index contributed by atoms with van der Waals surface area (Å²) in [6.07, 6.45) is 25.5. The molecule has 5 nitrogen and oxygen atoms in total. The predicted molar refractivity (Wildman–Crippen MR) is 172 cm³/mol. The highest BCUT2D eigenvalue weighted by Gasteiger charge is 2.11. The maximum absolute atomic E-state index is 6.72. The van der Waals surface area contributed by atoms with Gasteiger partial charge in [0.1, 0.15) is 0 Å². The van der Waals surface area contributed by atoms with E-state index in [4.69, 9.17) is 1.41 Å². The maximum atomic E-state index is 6.72. The molecular weight excluding hydrogens is 470 g/mol. The van der Waals surface area contributed by atoms with Gasteiger partial charge in [0.15, 0.2) is 1.41 Å². The first kappa shape index (κ1) is 34.8. The predicted octanol–water partition coefficient (Wildman–Crippen LogP) is 7.35. The SMILES string of the molecule is [2H]N=CCCCCNCCCCCCCCCCCCNCCCCCNCCCNCCC[Si](C)(C)C. The van der Waals surface area contributed by atoms with Crippen molar-refractivity contribution in [1.29, 1.82) is 5.40 Å². The lowest BCUT2D eigenvalue weighted by molar-refractivity contribution is 0.523. The fourth-order valence-electron chi connectivity index (χ4n) is 4.66. The Morgan fingerprint density at radius 3 is 1.19 bits per heavy atom. The van der Waals surface area contributed by atoms with Gasteiger partial charge in [-0.1, -0.05) is 83.5 Å². The molecule has 0 radical (unpaired) electrons. The third-order valence-electron chi connectivity index (χ3n) is 7.09. The first-order valence-electron chi connectivity index (χ1n) is 16.8. The van der Waals surface area contributed by atoms with Gasteiger partial charge >= 0.3 is 0 Å². The molecule has 0 bridgehead atoms. The molecule has 0 atom stereocenters. The van der Waals surface area contributed by atoms with Crippen LogP contribution in [-0.2, 0) is 0 Å². The minimum absolute atomic E-state index is 0.844. The smallest absolute Gasteiger partial charge is 0.186 e. The molecule has 0 unspecified atom stereocenters. The van der Waals surface area contributed by atoms with Crippen molar-refractivity contribution in [3.05, 3.63) is 0 Å². The lowest BCUT2D eigenvalue weighted by Crippen LogP contribution is -2.25. The summed E-state index contributed by atoms with van der Waals surface area (Å²) in [5, 5.41) is 17.6. The standard InChI is InChI=1S/C31H69N5Si/c1-37(2,3)31-21-30-36-29-20-28-35-27-19-13-18-26-34-24-16-11-9-7-5-4-6-8-10-15-23-33-25-17-12-14-22-32/h22,32-36H,4-21,23-31H2,1-3H3/i/hD. The van der Waals surface area contributed by atoms with E-state index in [1.165, 1.54) is 135 Å². The molecule has 0 aliphatic heterocycles. The first-order valence-corrected chi connectivity index (χ1v) is 20.1.